The van der Waals surface area contributed by atoms with E-state index < -0.39 is 17.9 Å². The zero-order valence-electron chi connectivity index (χ0n) is 12.3. The first-order valence-electron chi connectivity index (χ1n) is 6.72. The van der Waals surface area contributed by atoms with E-state index >= 15 is 0 Å². The molecule has 1 atom stereocenters. The first-order chi connectivity index (χ1) is 10.5. The number of rotatable bonds is 3. The van der Waals surface area contributed by atoms with Gasteiger partial charge in [-0.25, -0.2) is 4.79 Å². The van der Waals surface area contributed by atoms with E-state index in [4.69, 9.17) is 11.6 Å². The van der Waals surface area contributed by atoms with Gasteiger partial charge in [-0.2, -0.15) is 0 Å². The lowest BCUT2D eigenvalue weighted by Gasteiger charge is -2.17. The number of imide groups is 1. The molecule has 22 heavy (non-hydrogen) atoms. The van der Waals surface area contributed by atoms with Gasteiger partial charge in [0.2, 0.25) is 5.91 Å². The van der Waals surface area contributed by atoms with Crippen molar-refractivity contribution in [2.45, 2.75) is 12.8 Å². The number of pyridine rings is 1. The summed E-state index contributed by atoms with van der Waals surface area (Å²) in [5.41, 5.74) is 2.10. The molecule has 2 rings (SSSR count). The molecule has 0 aliphatic carbocycles. The van der Waals surface area contributed by atoms with E-state index in [1.54, 1.807) is 36.5 Å². The number of urea groups is 1. The molecule has 1 unspecified atom stereocenters. The molecule has 0 fully saturated rings. The third-order valence-corrected chi connectivity index (χ3v) is 3.52. The Bertz CT molecular complexity index is 703. The molecule has 2 aromatic rings. The normalized spacial score (nSPS) is 11.6. The van der Waals surface area contributed by atoms with Gasteiger partial charge < -0.3 is 5.32 Å². The molecule has 0 aliphatic rings. The number of aryl methyl sites for hydroxylation is 1. The molecule has 1 aromatic heterocycles. The maximum absolute atomic E-state index is 12.5. The van der Waals surface area contributed by atoms with E-state index in [9.17, 15) is 9.59 Å². The van der Waals surface area contributed by atoms with Crippen molar-refractivity contribution in [2.24, 2.45) is 0 Å². The number of amides is 3. The minimum Gasteiger partial charge on any atom is -0.341 e. The highest BCUT2D eigenvalue weighted by Crippen LogP contribution is 2.29. The zero-order chi connectivity index (χ0) is 16.1. The highest BCUT2D eigenvalue weighted by atomic mass is 35.5. The van der Waals surface area contributed by atoms with Crippen LogP contribution in [0.1, 0.15) is 22.7 Å². The van der Waals surface area contributed by atoms with Gasteiger partial charge in [-0.15, -0.1) is 0 Å². The highest BCUT2D eigenvalue weighted by molar-refractivity contribution is 6.31. The summed E-state index contributed by atoms with van der Waals surface area (Å²) in [4.78, 5) is 28.2. The molecule has 6 heteroatoms. The molecule has 1 heterocycles. The fraction of sp³-hybridized carbons (Fsp3) is 0.188. The number of hydrogen-bond donors (Lipinski definition) is 2. The summed E-state index contributed by atoms with van der Waals surface area (Å²) in [5, 5.41) is 5.09. The van der Waals surface area contributed by atoms with Crippen LogP contribution in [0.15, 0.2) is 42.6 Å². The summed E-state index contributed by atoms with van der Waals surface area (Å²) < 4.78 is 0. The number of halogens is 1. The van der Waals surface area contributed by atoms with Gasteiger partial charge in [0.25, 0.3) is 0 Å². The van der Waals surface area contributed by atoms with Gasteiger partial charge in [0, 0.05) is 18.3 Å². The minimum absolute atomic E-state index is 0.447. The summed E-state index contributed by atoms with van der Waals surface area (Å²) in [6.45, 7) is 1.91. The van der Waals surface area contributed by atoms with Crippen LogP contribution in [0.4, 0.5) is 4.79 Å². The van der Waals surface area contributed by atoms with Gasteiger partial charge in [-0.3, -0.25) is 15.1 Å². The quantitative estimate of drug-likeness (QED) is 0.914. The number of nitrogens with zero attached hydrogens (tertiary/aromatic N) is 1. The van der Waals surface area contributed by atoms with Gasteiger partial charge >= 0.3 is 6.03 Å². The SMILES string of the molecule is CNC(=O)NC(=O)C(c1cc(C)ccn1)c1ccccc1Cl. The predicted molar refractivity (Wildman–Crippen MR) is 84.9 cm³/mol. The molecule has 0 saturated heterocycles. The van der Waals surface area contributed by atoms with E-state index in [0.29, 0.717) is 16.3 Å². The lowest BCUT2D eigenvalue weighted by atomic mass is 9.93. The largest absolute Gasteiger partial charge is 0.341 e. The number of aromatic nitrogens is 1. The standard InChI is InChI=1S/C16H16ClN3O2/c1-10-7-8-19-13(9-10)14(15(21)20-16(22)18-2)11-5-3-4-6-12(11)17/h3-9,14H,1-2H3,(H2,18,20,21,22). The van der Waals surface area contributed by atoms with Crippen molar-refractivity contribution >= 4 is 23.5 Å². The van der Waals surface area contributed by atoms with Crippen LogP contribution in [0.25, 0.3) is 0 Å². The van der Waals surface area contributed by atoms with E-state index in [2.05, 4.69) is 15.6 Å². The number of hydrogen-bond acceptors (Lipinski definition) is 3. The Kier molecular flexibility index (Phi) is 5.12. The Morgan fingerprint density at radius 1 is 1.23 bits per heavy atom. The molecule has 2 N–H and O–H groups in total. The topological polar surface area (TPSA) is 71.1 Å². The molecule has 0 bridgehead atoms. The molecule has 0 aliphatic heterocycles. The van der Waals surface area contributed by atoms with Crippen LogP contribution in [0.3, 0.4) is 0 Å². The molecule has 114 valence electrons. The molecule has 0 spiro atoms. The monoisotopic (exact) mass is 317 g/mol. The average molecular weight is 318 g/mol. The second-order valence-corrected chi connectivity index (χ2v) is 5.19. The fourth-order valence-corrected chi connectivity index (χ4v) is 2.35. The molecule has 0 radical (unpaired) electrons. The van der Waals surface area contributed by atoms with E-state index in [1.165, 1.54) is 7.05 Å². The maximum Gasteiger partial charge on any atom is 0.321 e. The number of benzene rings is 1. The van der Waals surface area contributed by atoms with Gasteiger partial charge in [0.15, 0.2) is 0 Å². The number of nitrogens with one attached hydrogen (secondary N) is 2. The summed E-state index contributed by atoms with van der Waals surface area (Å²) in [7, 11) is 1.44. The Balaban J connectivity index is 2.48. The molecular weight excluding hydrogens is 302 g/mol. The second kappa shape index (κ2) is 7.04. The lowest BCUT2D eigenvalue weighted by molar-refractivity contribution is -0.120. The molecule has 5 nitrogen and oxygen atoms in total. The van der Waals surface area contributed by atoms with E-state index in [1.807, 2.05) is 13.0 Å². The van der Waals surface area contributed by atoms with Crippen LogP contribution in [-0.4, -0.2) is 24.0 Å². The predicted octanol–water partition coefficient (Wildman–Crippen LogP) is 2.63. The third kappa shape index (κ3) is 3.62. The third-order valence-electron chi connectivity index (χ3n) is 3.17. The van der Waals surface area contributed by atoms with Crippen LogP contribution in [0.2, 0.25) is 5.02 Å². The van der Waals surface area contributed by atoms with Crippen molar-refractivity contribution in [1.82, 2.24) is 15.6 Å². The van der Waals surface area contributed by atoms with E-state index in [0.717, 1.165) is 5.56 Å². The highest BCUT2D eigenvalue weighted by Gasteiger charge is 2.27. The first-order valence-corrected chi connectivity index (χ1v) is 7.10. The minimum atomic E-state index is -0.758. The first kappa shape index (κ1) is 16.0. The van der Waals surface area contributed by atoms with Gasteiger partial charge in [-0.1, -0.05) is 29.8 Å². The van der Waals surface area contributed by atoms with E-state index in [-0.39, 0.29) is 0 Å². The lowest BCUT2D eigenvalue weighted by Crippen LogP contribution is -2.40. The maximum atomic E-state index is 12.5. The zero-order valence-corrected chi connectivity index (χ0v) is 13.0. The number of carbonyl (C=O) groups excluding carboxylic acids is 2. The summed E-state index contributed by atoms with van der Waals surface area (Å²) in [5.74, 6) is -1.24. The van der Waals surface area contributed by atoms with Crippen LogP contribution in [0.5, 0.6) is 0 Å². The second-order valence-electron chi connectivity index (χ2n) is 4.78. The van der Waals surface area contributed by atoms with Crippen molar-refractivity contribution < 1.29 is 9.59 Å². The van der Waals surface area contributed by atoms with Crippen LogP contribution >= 0.6 is 11.6 Å². The van der Waals surface area contributed by atoms with Crippen molar-refractivity contribution in [3.8, 4) is 0 Å². The molecule has 0 saturated carbocycles. The van der Waals surface area contributed by atoms with Crippen molar-refractivity contribution in [3.05, 3.63) is 64.4 Å². The smallest absolute Gasteiger partial charge is 0.321 e. The van der Waals surface area contributed by atoms with Crippen molar-refractivity contribution in [2.75, 3.05) is 7.05 Å². The van der Waals surface area contributed by atoms with Crippen LogP contribution in [0, 0.1) is 6.92 Å². The van der Waals surface area contributed by atoms with Crippen LogP contribution in [-0.2, 0) is 4.79 Å². The van der Waals surface area contributed by atoms with Gasteiger partial charge in [0.05, 0.1) is 5.69 Å². The Morgan fingerprint density at radius 2 is 1.95 bits per heavy atom. The number of carbonyl (C=O) groups is 2. The molecular formula is C16H16ClN3O2. The summed E-state index contributed by atoms with van der Waals surface area (Å²) >= 11 is 6.21. The molecule has 3 amide bonds. The summed E-state index contributed by atoms with van der Waals surface area (Å²) in [6, 6.07) is 10.1. The van der Waals surface area contributed by atoms with Crippen molar-refractivity contribution in [3.63, 3.8) is 0 Å². The summed E-state index contributed by atoms with van der Waals surface area (Å²) in [6.07, 6.45) is 1.63. The Hall–Kier alpha value is -2.40. The van der Waals surface area contributed by atoms with Gasteiger partial charge in [-0.05, 0) is 36.2 Å². The van der Waals surface area contributed by atoms with Crippen molar-refractivity contribution in [1.29, 1.82) is 0 Å². The Morgan fingerprint density at radius 3 is 2.59 bits per heavy atom. The van der Waals surface area contributed by atoms with Crippen LogP contribution < -0.4 is 10.6 Å². The van der Waals surface area contributed by atoms with Gasteiger partial charge in [0.1, 0.15) is 5.92 Å². The average Bonchev–Trinajstić information content (AvgIpc) is 2.49. The Labute approximate surface area is 133 Å². The fourth-order valence-electron chi connectivity index (χ4n) is 2.11. The molecule has 1 aromatic carbocycles.